The van der Waals surface area contributed by atoms with E-state index in [9.17, 15) is 33.9 Å². The molecule has 1 aliphatic rings. The lowest BCUT2D eigenvalue weighted by atomic mass is 10.0. The number of nitrogens with zero attached hydrogens (tertiary/aromatic N) is 1. The lowest BCUT2D eigenvalue weighted by molar-refractivity contribution is -0.142. The first kappa shape index (κ1) is 31.8. The molecule has 4 amide bonds. The molecule has 0 radical (unpaired) electrons. The van der Waals surface area contributed by atoms with E-state index in [2.05, 4.69) is 16.0 Å². The summed E-state index contributed by atoms with van der Waals surface area (Å²) in [5.41, 5.74) is 6.00. The van der Waals surface area contributed by atoms with Crippen molar-refractivity contribution in [3.8, 4) is 0 Å². The zero-order valence-electron chi connectivity index (χ0n) is 21.6. The molecule has 1 fully saturated rings. The van der Waals surface area contributed by atoms with Crippen molar-refractivity contribution < 1.29 is 44.1 Å². The number of nitrogens with two attached hydrogens (primary N) is 1. The highest BCUT2D eigenvalue weighted by Gasteiger charge is 2.38. The SMILES string of the molecule is CC(C)C[C@H](N)C(=O)N1CCC[C@H]1C(=O)N[C@@H](CCC(=O)O)C(=O)N[C@H](C(=O)N[C@@H](C)C(=O)O)[C@@H](C)O. The summed E-state index contributed by atoms with van der Waals surface area (Å²) in [7, 11) is 0. The molecule has 1 aliphatic heterocycles. The Balaban J connectivity index is 3.01. The Kier molecular flexibility index (Phi) is 12.4. The van der Waals surface area contributed by atoms with Crippen molar-refractivity contribution in [2.24, 2.45) is 11.7 Å². The van der Waals surface area contributed by atoms with Crippen molar-refractivity contribution in [1.82, 2.24) is 20.9 Å². The van der Waals surface area contributed by atoms with E-state index in [-0.39, 0.29) is 12.3 Å². The number of carbonyl (C=O) groups is 6. The topological polar surface area (TPSA) is 228 Å². The van der Waals surface area contributed by atoms with Crippen LogP contribution >= 0.6 is 0 Å². The van der Waals surface area contributed by atoms with Gasteiger partial charge in [-0.2, -0.15) is 0 Å². The van der Waals surface area contributed by atoms with E-state index in [1.165, 1.54) is 18.7 Å². The van der Waals surface area contributed by atoms with E-state index < -0.39 is 78.3 Å². The first-order valence-electron chi connectivity index (χ1n) is 12.3. The maximum absolute atomic E-state index is 13.1. The number of aliphatic hydroxyl groups is 1. The molecule has 1 rings (SSSR count). The maximum Gasteiger partial charge on any atom is 0.325 e. The summed E-state index contributed by atoms with van der Waals surface area (Å²) in [5.74, 6) is -5.40. The van der Waals surface area contributed by atoms with Gasteiger partial charge in [0.25, 0.3) is 0 Å². The fraction of sp³-hybridized carbons (Fsp3) is 0.739. The van der Waals surface area contributed by atoms with Crippen LogP contribution in [-0.4, -0.2) is 98.6 Å². The van der Waals surface area contributed by atoms with Crippen LogP contribution in [0.1, 0.15) is 59.8 Å². The molecule has 1 saturated heterocycles. The van der Waals surface area contributed by atoms with Crippen molar-refractivity contribution in [3.05, 3.63) is 0 Å². The third-order valence-corrected chi connectivity index (χ3v) is 5.95. The summed E-state index contributed by atoms with van der Waals surface area (Å²) in [6, 6.07) is -5.98. The van der Waals surface area contributed by atoms with Crippen molar-refractivity contribution >= 4 is 35.6 Å². The molecule has 37 heavy (non-hydrogen) atoms. The van der Waals surface area contributed by atoms with Crippen LogP contribution < -0.4 is 21.7 Å². The van der Waals surface area contributed by atoms with Gasteiger partial charge in [-0.1, -0.05) is 13.8 Å². The van der Waals surface area contributed by atoms with Gasteiger partial charge in [-0.15, -0.1) is 0 Å². The molecule has 0 aliphatic carbocycles. The van der Waals surface area contributed by atoms with E-state index in [0.717, 1.165) is 0 Å². The molecule has 0 unspecified atom stereocenters. The highest BCUT2D eigenvalue weighted by atomic mass is 16.4. The molecule has 1 heterocycles. The Morgan fingerprint density at radius 3 is 2.11 bits per heavy atom. The average Bonchev–Trinajstić information content (AvgIpc) is 3.28. The number of aliphatic hydroxyl groups excluding tert-OH is 1. The zero-order valence-corrected chi connectivity index (χ0v) is 21.6. The fourth-order valence-electron chi connectivity index (χ4n) is 3.95. The molecular weight excluding hydrogens is 490 g/mol. The Labute approximate surface area is 215 Å². The maximum atomic E-state index is 13.1. The van der Waals surface area contributed by atoms with Crippen molar-refractivity contribution in [2.45, 2.75) is 96.1 Å². The highest BCUT2D eigenvalue weighted by Crippen LogP contribution is 2.20. The third-order valence-electron chi connectivity index (χ3n) is 5.95. The number of amides is 4. The van der Waals surface area contributed by atoms with Crippen LogP contribution in [0.4, 0.5) is 0 Å². The number of carbonyl (C=O) groups excluding carboxylic acids is 4. The number of hydrogen-bond donors (Lipinski definition) is 7. The lowest BCUT2D eigenvalue weighted by Gasteiger charge is -2.29. The van der Waals surface area contributed by atoms with E-state index in [4.69, 9.17) is 15.9 Å². The van der Waals surface area contributed by atoms with Crippen LogP contribution in [0.5, 0.6) is 0 Å². The van der Waals surface area contributed by atoms with Gasteiger partial charge in [0.15, 0.2) is 0 Å². The number of likely N-dealkylation sites (tertiary alicyclic amines) is 1. The van der Waals surface area contributed by atoms with Crippen LogP contribution in [0, 0.1) is 5.92 Å². The van der Waals surface area contributed by atoms with Crippen molar-refractivity contribution in [1.29, 1.82) is 0 Å². The molecule has 0 bridgehead atoms. The van der Waals surface area contributed by atoms with E-state index in [1.807, 2.05) is 13.8 Å². The molecule has 0 aromatic heterocycles. The Bertz CT molecular complexity index is 864. The Morgan fingerprint density at radius 1 is 0.973 bits per heavy atom. The fourth-order valence-corrected chi connectivity index (χ4v) is 3.95. The molecule has 14 heteroatoms. The second kappa shape index (κ2) is 14.5. The van der Waals surface area contributed by atoms with Gasteiger partial charge in [-0.3, -0.25) is 28.8 Å². The molecular formula is C23H39N5O9. The smallest absolute Gasteiger partial charge is 0.325 e. The largest absolute Gasteiger partial charge is 0.481 e. The number of nitrogens with one attached hydrogen (secondary N) is 3. The average molecular weight is 530 g/mol. The Morgan fingerprint density at radius 2 is 1.59 bits per heavy atom. The van der Waals surface area contributed by atoms with Gasteiger partial charge in [-0.25, -0.2) is 0 Å². The van der Waals surface area contributed by atoms with E-state index >= 15 is 0 Å². The molecule has 0 aromatic rings. The predicted molar refractivity (Wildman–Crippen MR) is 130 cm³/mol. The third kappa shape index (κ3) is 9.96. The minimum atomic E-state index is -1.57. The zero-order chi connectivity index (χ0) is 28.4. The van der Waals surface area contributed by atoms with Gasteiger partial charge in [0, 0.05) is 13.0 Å². The first-order valence-corrected chi connectivity index (χ1v) is 12.3. The van der Waals surface area contributed by atoms with Crippen molar-refractivity contribution in [2.75, 3.05) is 6.54 Å². The first-order chi connectivity index (χ1) is 17.1. The van der Waals surface area contributed by atoms with Crippen LogP contribution in [0.2, 0.25) is 0 Å². The van der Waals surface area contributed by atoms with Gasteiger partial charge in [0.1, 0.15) is 24.2 Å². The van der Waals surface area contributed by atoms with Crippen LogP contribution in [0.15, 0.2) is 0 Å². The minimum Gasteiger partial charge on any atom is -0.481 e. The molecule has 8 N–H and O–H groups in total. The molecule has 0 spiro atoms. The summed E-state index contributed by atoms with van der Waals surface area (Å²) >= 11 is 0. The van der Waals surface area contributed by atoms with E-state index in [0.29, 0.717) is 25.8 Å². The van der Waals surface area contributed by atoms with Crippen LogP contribution in [0.25, 0.3) is 0 Å². The predicted octanol–water partition coefficient (Wildman–Crippen LogP) is -1.84. The van der Waals surface area contributed by atoms with Crippen LogP contribution in [-0.2, 0) is 28.8 Å². The minimum absolute atomic E-state index is 0.162. The summed E-state index contributed by atoms with van der Waals surface area (Å²) in [6.45, 7) is 6.52. The van der Waals surface area contributed by atoms with Gasteiger partial charge >= 0.3 is 11.9 Å². The van der Waals surface area contributed by atoms with E-state index in [1.54, 1.807) is 0 Å². The monoisotopic (exact) mass is 529 g/mol. The summed E-state index contributed by atoms with van der Waals surface area (Å²) < 4.78 is 0. The number of carboxylic acid groups (broad SMARTS) is 2. The summed E-state index contributed by atoms with van der Waals surface area (Å²) in [5, 5.41) is 34.9. The molecule has 6 atom stereocenters. The normalized spacial score (nSPS) is 19.3. The quantitative estimate of drug-likeness (QED) is 0.133. The standard InChI is InChI=1S/C23H39N5O9/c1-11(2)10-14(24)22(35)28-9-5-6-16(28)20(33)26-15(7-8-17(30)31)19(32)27-18(13(4)29)21(34)25-12(3)23(36)37/h11-16,18,29H,5-10,24H2,1-4H3,(H,25,34)(H,26,33)(H,27,32)(H,30,31)(H,36,37)/t12-,13+,14-,15-,16-,18-/m0/s1. The molecule has 0 aromatic carbocycles. The number of aliphatic carboxylic acids is 2. The van der Waals surface area contributed by atoms with Gasteiger partial charge in [-0.05, 0) is 45.4 Å². The number of carboxylic acids is 2. The van der Waals surface area contributed by atoms with Crippen molar-refractivity contribution in [3.63, 3.8) is 0 Å². The second-order valence-electron chi connectivity index (χ2n) is 9.71. The lowest BCUT2D eigenvalue weighted by Crippen LogP contribution is -2.60. The second-order valence-corrected chi connectivity index (χ2v) is 9.71. The van der Waals surface area contributed by atoms with Gasteiger partial charge in [0.2, 0.25) is 23.6 Å². The van der Waals surface area contributed by atoms with Gasteiger partial charge < -0.3 is 41.9 Å². The summed E-state index contributed by atoms with van der Waals surface area (Å²) in [4.78, 5) is 74.8. The number of hydrogen-bond acceptors (Lipinski definition) is 8. The van der Waals surface area contributed by atoms with Crippen LogP contribution in [0.3, 0.4) is 0 Å². The highest BCUT2D eigenvalue weighted by molar-refractivity contribution is 5.96. The molecule has 0 saturated carbocycles. The summed E-state index contributed by atoms with van der Waals surface area (Å²) in [6.07, 6.45) is -0.976. The number of rotatable bonds is 14. The van der Waals surface area contributed by atoms with Gasteiger partial charge in [0.05, 0.1) is 12.1 Å². The molecule has 210 valence electrons. The molecule has 14 nitrogen and oxygen atoms in total. The Hall–Kier alpha value is -3.26.